The number of H-pyrrole nitrogens is 1. The zero-order valence-electron chi connectivity index (χ0n) is 20.0. The van der Waals surface area contributed by atoms with Crippen molar-refractivity contribution in [2.24, 2.45) is 0 Å². The number of benzene rings is 2. The van der Waals surface area contributed by atoms with Gasteiger partial charge in [-0.25, -0.2) is 9.78 Å². The third-order valence-electron chi connectivity index (χ3n) is 6.02. The number of carbonyl (C=O) groups is 3. The Labute approximate surface area is 220 Å². The molecule has 2 amide bonds. The van der Waals surface area contributed by atoms with Crippen LogP contribution >= 0.6 is 11.6 Å². The monoisotopic (exact) mass is 532 g/mol. The molecule has 0 radical (unpaired) electrons. The van der Waals surface area contributed by atoms with Crippen LogP contribution in [0.4, 0.5) is 5.69 Å². The lowest BCUT2D eigenvalue weighted by Crippen LogP contribution is -2.44. The molecular formula is C25H21ClN8O4. The number of amides is 2. The van der Waals surface area contributed by atoms with Crippen LogP contribution in [0.25, 0.3) is 11.8 Å². The molecule has 38 heavy (non-hydrogen) atoms. The van der Waals surface area contributed by atoms with E-state index >= 15 is 0 Å². The fourth-order valence-corrected chi connectivity index (χ4v) is 4.47. The Morgan fingerprint density at radius 1 is 1.18 bits per heavy atom. The van der Waals surface area contributed by atoms with E-state index in [1.54, 1.807) is 31.2 Å². The maximum atomic E-state index is 13.5. The first-order chi connectivity index (χ1) is 18.3. The minimum absolute atomic E-state index is 0.0925. The van der Waals surface area contributed by atoms with Gasteiger partial charge in [0.05, 0.1) is 16.9 Å². The van der Waals surface area contributed by atoms with Crippen molar-refractivity contribution >= 4 is 41.1 Å². The van der Waals surface area contributed by atoms with Crippen LogP contribution in [-0.4, -0.2) is 64.5 Å². The van der Waals surface area contributed by atoms with E-state index in [1.807, 2.05) is 0 Å². The average Bonchev–Trinajstić information content (AvgIpc) is 3.56. The molecule has 5 rings (SSSR count). The number of aromatic nitrogens is 6. The molecule has 0 fully saturated rings. The number of hydrogen-bond donors (Lipinski definition) is 3. The third-order valence-corrected chi connectivity index (χ3v) is 6.26. The van der Waals surface area contributed by atoms with Gasteiger partial charge >= 0.3 is 5.97 Å². The molecule has 0 aliphatic carbocycles. The molecule has 0 bridgehead atoms. The number of carbonyl (C=O) groups excluding carboxylic acids is 2. The van der Waals surface area contributed by atoms with Crippen molar-refractivity contribution in [3.63, 3.8) is 0 Å². The number of hydrogen-bond acceptors (Lipinski definition) is 7. The molecule has 1 aliphatic heterocycles. The van der Waals surface area contributed by atoms with Gasteiger partial charge in [-0.15, -0.1) is 5.10 Å². The first-order valence-corrected chi connectivity index (χ1v) is 11.9. The molecule has 0 spiro atoms. The number of nitrogens with zero attached hydrogens (tertiary/aromatic N) is 6. The lowest BCUT2D eigenvalue weighted by Gasteiger charge is -2.33. The molecular weight excluding hydrogens is 512 g/mol. The largest absolute Gasteiger partial charge is 0.478 e. The fraction of sp³-hybridized carbons (Fsp3) is 0.160. The number of aryl methyl sites for hydroxylation is 1. The molecule has 3 heterocycles. The summed E-state index contributed by atoms with van der Waals surface area (Å²) in [4.78, 5) is 47.1. The lowest BCUT2D eigenvalue weighted by molar-refractivity contribution is -0.135. The van der Waals surface area contributed by atoms with E-state index in [9.17, 15) is 14.4 Å². The zero-order valence-corrected chi connectivity index (χ0v) is 20.8. The Balaban J connectivity index is 1.43. The lowest BCUT2D eigenvalue weighted by atomic mass is 10.0. The molecule has 2 aromatic carbocycles. The summed E-state index contributed by atoms with van der Waals surface area (Å²) in [7, 11) is 0. The minimum Gasteiger partial charge on any atom is -0.478 e. The highest BCUT2D eigenvalue weighted by atomic mass is 35.5. The van der Waals surface area contributed by atoms with E-state index < -0.39 is 23.8 Å². The summed E-state index contributed by atoms with van der Waals surface area (Å²) < 4.78 is 1.45. The highest BCUT2D eigenvalue weighted by molar-refractivity contribution is 6.30. The van der Waals surface area contributed by atoms with E-state index in [0.29, 0.717) is 39.9 Å². The van der Waals surface area contributed by atoms with Crippen LogP contribution in [0.15, 0.2) is 54.9 Å². The minimum atomic E-state index is -1.07. The number of carboxylic acids is 1. The zero-order chi connectivity index (χ0) is 26.8. The molecule has 0 saturated heterocycles. The van der Waals surface area contributed by atoms with Crippen LogP contribution in [0, 0.1) is 6.92 Å². The summed E-state index contributed by atoms with van der Waals surface area (Å²) >= 11 is 6.18. The number of fused-ring (bicyclic) bond motifs is 1. The summed E-state index contributed by atoms with van der Waals surface area (Å²) in [5, 5.41) is 23.6. The van der Waals surface area contributed by atoms with E-state index in [1.165, 1.54) is 46.3 Å². The number of rotatable bonds is 6. The molecule has 4 aromatic rings. The van der Waals surface area contributed by atoms with Crippen LogP contribution in [0.5, 0.6) is 0 Å². The van der Waals surface area contributed by atoms with E-state index in [-0.39, 0.29) is 12.1 Å². The fourth-order valence-electron chi connectivity index (χ4n) is 4.29. The van der Waals surface area contributed by atoms with Gasteiger partial charge in [-0.1, -0.05) is 11.6 Å². The van der Waals surface area contributed by atoms with Crippen LogP contribution < -0.4 is 5.32 Å². The van der Waals surface area contributed by atoms with Crippen molar-refractivity contribution in [2.75, 3.05) is 11.9 Å². The van der Waals surface area contributed by atoms with Gasteiger partial charge in [-0.3, -0.25) is 9.59 Å². The Bertz CT molecular complexity index is 1550. The van der Waals surface area contributed by atoms with Crippen molar-refractivity contribution in [2.45, 2.75) is 19.4 Å². The number of halogens is 1. The van der Waals surface area contributed by atoms with Crippen molar-refractivity contribution in [1.29, 1.82) is 0 Å². The Hall–Kier alpha value is -4.84. The molecule has 1 atom stereocenters. The number of aromatic carboxylic acids is 1. The molecule has 2 aromatic heterocycles. The van der Waals surface area contributed by atoms with Crippen molar-refractivity contribution in [3.8, 4) is 5.69 Å². The number of nitrogens with one attached hydrogen (secondary N) is 2. The topological polar surface area (TPSA) is 159 Å². The molecule has 1 aliphatic rings. The Morgan fingerprint density at radius 3 is 2.68 bits per heavy atom. The summed E-state index contributed by atoms with van der Waals surface area (Å²) in [6, 6.07) is 9.86. The summed E-state index contributed by atoms with van der Waals surface area (Å²) in [6.07, 6.45) is 4.89. The second kappa shape index (κ2) is 10.3. The quantitative estimate of drug-likeness (QED) is 0.320. The van der Waals surface area contributed by atoms with Gasteiger partial charge in [-0.05, 0) is 65.9 Å². The Morgan fingerprint density at radius 2 is 1.97 bits per heavy atom. The standard InChI is InChI=1S/C25H21ClN8O4/c1-14-28-19-10-11-33(21(35)9-4-16-12-17(26)5-8-20(16)34-13-27-31-32-34)23(22(19)29-14)24(36)30-18-6-2-15(3-7-18)25(37)38/h2-9,12-13,23H,10-11H2,1H3,(H,28,29)(H,30,36)(H,37,38)/b9-4+. The SMILES string of the molecule is Cc1nc2c([nH]1)CCN(C(=O)/C=C/c1cc(Cl)ccc1-n1cnnn1)C2C(=O)Nc1ccc(C(=O)O)cc1. The molecule has 12 nitrogen and oxygen atoms in total. The first-order valence-electron chi connectivity index (χ1n) is 11.5. The predicted molar refractivity (Wildman–Crippen MR) is 137 cm³/mol. The summed E-state index contributed by atoms with van der Waals surface area (Å²) in [5.74, 6) is -1.31. The van der Waals surface area contributed by atoms with Gasteiger partial charge in [0.25, 0.3) is 5.91 Å². The van der Waals surface area contributed by atoms with Crippen LogP contribution in [0.1, 0.15) is 39.2 Å². The highest BCUT2D eigenvalue weighted by Crippen LogP contribution is 2.30. The van der Waals surface area contributed by atoms with Gasteiger partial charge in [0.15, 0.2) is 6.04 Å². The van der Waals surface area contributed by atoms with Gasteiger partial charge in [-0.2, -0.15) is 4.68 Å². The molecule has 3 N–H and O–H groups in total. The normalized spacial score (nSPS) is 14.9. The van der Waals surface area contributed by atoms with Crippen LogP contribution in [-0.2, 0) is 16.0 Å². The smallest absolute Gasteiger partial charge is 0.335 e. The molecule has 0 saturated carbocycles. The van der Waals surface area contributed by atoms with Crippen molar-refractivity contribution in [3.05, 3.63) is 88.2 Å². The summed E-state index contributed by atoms with van der Waals surface area (Å²) in [6.45, 7) is 2.06. The molecule has 1 unspecified atom stereocenters. The second-order valence-electron chi connectivity index (χ2n) is 8.53. The van der Waals surface area contributed by atoms with Crippen LogP contribution in [0.3, 0.4) is 0 Å². The van der Waals surface area contributed by atoms with Gasteiger partial charge in [0.1, 0.15) is 12.2 Å². The van der Waals surface area contributed by atoms with Crippen LogP contribution in [0.2, 0.25) is 5.02 Å². The summed E-state index contributed by atoms with van der Waals surface area (Å²) in [5.41, 5.74) is 2.96. The number of imidazole rings is 1. The highest BCUT2D eigenvalue weighted by Gasteiger charge is 2.37. The van der Waals surface area contributed by atoms with Gasteiger partial charge in [0.2, 0.25) is 5.91 Å². The number of anilines is 1. The second-order valence-corrected chi connectivity index (χ2v) is 8.97. The Kier molecular flexibility index (Phi) is 6.71. The average molecular weight is 533 g/mol. The van der Waals surface area contributed by atoms with E-state index in [4.69, 9.17) is 16.7 Å². The van der Waals surface area contributed by atoms with E-state index in [2.05, 4.69) is 30.8 Å². The number of tetrazole rings is 1. The molecule has 13 heteroatoms. The maximum Gasteiger partial charge on any atom is 0.335 e. The molecule has 192 valence electrons. The maximum absolute atomic E-state index is 13.5. The van der Waals surface area contributed by atoms with Gasteiger partial charge in [0, 0.05) is 41.0 Å². The van der Waals surface area contributed by atoms with E-state index in [0.717, 1.165) is 5.69 Å². The predicted octanol–water partition coefficient (Wildman–Crippen LogP) is 2.82. The number of aromatic amines is 1. The van der Waals surface area contributed by atoms with Crippen molar-refractivity contribution in [1.82, 2.24) is 35.1 Å². The first kappa shape index (κ1) is 24.8. The van der Waals surface area contributed by atoms with Gasteiger partial charge < -0.3 is 20.3 Å². The number of carboxylic acid groups (broad SMARTS) is 1. The van der Waals surface area contributed by atoms with Crippen molar-refractivity contribution < 1.29 is 19.5 Å². The third kappa shape index (κ3) is 5.02.